The summed E-state index contributed by atoms with van der Waals surface area (Å²) in [5.74, 6) is -1.57. The Morgan fingerprint density at radius 3 is 2.42 bits per heavy atom. The average molecular weight is 287 g/mol. The van der Waals surface area contributed by atoms with Gasteiger partial charge in [0.15, 0.2) is 5.66 Å². The molecule has 0 radical (unpaired) electrons. The second-order valence-corrected chi connectivity index (χ2v) is 6.07. The van der Waals surface area contributed by atoms with Gasteiger partial charge in [0.2, 0.25) is 0 Å². The summed E-state index contributed by atoms with van der Waals surface area (Å²) in [5.41, 5.74) is 4.60. The van der Waals surface area contributed by atoms with E-state index in [9.17, 15) is 19.1 Å². The van der Waals surface area contributed by atoms with Gasteiger partial charge in [0.05, 0.1) is 0 Å². The third-order valence-corrected chi connectivity index (χ3v) is 4.18. The van der Waals surface area contributed by atoms with E-state index in [4.69, 9.17) is 10.5 Å². The maximum absolute atomic E-state index is 11.8. The van der Waals surface area contributed by atoms with Crippen LogP contribution in [0, 0.1) is 5.92 Å². The lowest BCUT2D eigenvalue weighted by molar-refractivity contribution is -0.145. The number of ether oxygens (including phenoxy) is 1. The van der Waals surface area contributed by atoms with Crippen LogP contribution < -0.4 is 5.73 Å². The Morgan fingerprint density at radius 2 is 1.95 bits per heavy atom. The number of benzene rings is 1. The van der Waals surface area contributed by atoms with E-state index in [2.05, 4.69) is 0 Å². The molecule has 1 rings (SSSR count). The molecule has 106 valence electrons. The summed E-state index contributed by atoms with van der Waals surface area (Å²) in [6, 6.07) is 8.90. The normalized spacial score (nSPS) is 14.7. The summed E-state index contributed by atoms with van der Waals surface area (Å²) < 4.78 is 16.3. The van der Waals surface area contributed by atoms with Crippen molar-refractivity contribution >= 4 is 13.6 Å². The van der Waals surface area contributed by atoms with Gasteiger partial charge in [-0.05, 0) is 18.0 Å². The molecule has 19 heavy (non-hydrogen) atoms. The number of carbonyl (C=O) groups is 1. The van der Waals surface area contributed by atoms with Crippen LogP contribution in [0.25, 0.3) is 0 Å². The molecule has 1 aromatic rings. The smallest absolute Gasteiger partial charge is 0.340 e. The molecule has 7 heteroatoms. The first kappa shape index (κ1) is 15.9. The van der Waals surface area contributed by atoms with Crippen LogP contribution in [0.1, 0.15) is 12.5 Å². The fraction of sp³-hybridized carbons (Fsp3) is 0.417. The summed E-state index contributed by atoms with van der Waals surface area (Å²) in [5, 5.41) is 0. The quantitative estimate of drug-likeness (QED) is 0.529. The van der Waals surface area contributed by atoms with E-state index in [1.165, 1.54) is 6.92 Å². The van der Waals surface area contributed by atoms with Crippen molar-refractivity contribution in [3.05, 3.63) is 35.9 Å². The summed E-state index contributed by atoms with van der Waals surface area (Å²) in [4.78, 5) is 30.2. The van der Waals surface area contributed by atoms with Gasteiger partial charge < -0.3 is 20.3 Å². The van der Waals surface area contributed by atoms with Crippen molar-refractivity contribution in [1.82, 2.24) is 0 Å². The highest BCUT2D eigenvalue weighted by Crippen LogP contribution is 2.45. The van der Waals surface area contributed by atoms with E-state index in [0.717, 1.165) is 5.56 Å². The van der Waals surface area contributed by atoms with Crippen LogP contribution in [0.4, 0.5) is 0 Å². The summed E-state index contributed by atoms with van der Waals surface area (Å²) in [6.07, 6.45) is 0. The molecule has 0 aromatic heterocycles. The SMILES string of the molecule is CC(CN)[C@H](C(=O)OCc1ccccc1)P(=O)(O)O. The second-order valence-electron chi connectivity index (χ2n) is 4.34. The Morgan fingerprint density at radius 1 is 1.37 bits per heavy atom. The molecule has 0 amide bonds. The van der Waals surface area contributed by atoms with Gasteiger partial charge in [-0.1, -0.05) is 37.3 Å². The molecule has 0 aliphatic rings. The maximum Gasteiger partial charge on any atom is 0.340 e. The fourth-order valence-corrected chi connectivity index (χ4v) is 2.78. The predicted octanol–water partition coefficient (Wildman–Crippen LogP) is 0.871. The first-order chi connectivity index (χ1) is 8.86. The van der Waals surface area contributed by atoms with Crippen LogP contribution in [0.3, 0.4) is 0 Å². The van der Waals surface area contributed by atoms with Crippen LogP contribution in [-0.2, 0) is 20.7 Å². The predicted molar refractivity (Wildman–Crippen MR) is 70.3 cm³/mol. The second kappa shape index (κ2) is 6.82. The van der Waals surface area contributed by atoms with Gasteiger partial charge in [-0.3, -0.25) is 9.36 Å². The molecular weight excluding hydrogens is 269 g/mol. The standard InChI is InChI=1S/C12H18NO5P/c1-9(7-13)11(19(15,16)17)12(14)18-8-10-5-3-2-4-6-10/h2-6,9,11H,7-8,13H2,1H3,(H2,15,16,17)/t9?,11-/m1/s1. The van der Waals surface area contributed by atoms with Crippen LogP contribution in [0.5, 0.6) is 0 Å². The Balaban J connectivity index is 2.71. The summed E-state index contributed by atoms with van der Waals surface area (Å²) in [7, 11) is -4.58. The zero-order valence-corrected chi connectivity index (χ0v) is 11.5. The van der Waals surface area contributed by atoms with Crippen molar-refractivity contribution in [2.24, 2.45) is 11.7 Å². The molecule has 0 fully saturated rings. The molecule has 0 saturated carbocycles. The minimum absolute atomic E-state index is 0.00376. The van der Waals surface area contributed by atoms with Gasteiger partial charge in [-0.25, -0.2) is 0 Å². The van der Waals surface area contributed by atoms with Gasteiger partial charge in [-0.15, -0.1) is 0 Å². The van der Waals surface area contributed by atoms with E-state index < -0.39 is 25.1 Å². The number of hydrogen-bond acceptors (Lipinski definition) is 4. The Labute approximate surface area is 111 Å². The summed E-state index contributed by atoms with van der Waals surface area (Å²) >= 11 is 0. The Hall–Kier alpha value is -1.20. The van der Waals surface area contributed by atoms with Crippen molar-refractivity contribution < 1.29 is 23.9 Å². The van der Waals surface area contributed by atoms with E-state index in [1.807, 2.05) is 6.07 Å². The topological polar surface area (TPSA) is 110 Å². The van der Waals surface area contributed by atoms with Crippen LogP contribution in [0.2, 0.25) is 0 Å². The third-order valence-electron chi connectivity index (χ3n) is 2.74. The maximum atomic E-state index is 11.8. The molecule has 0 aliphatic heterocycles. The third kappa shape index (κ3) is 4.76. The van der Waals surface area contributed by atoms with Gasteiger partial charge >= 0.3 is 13.6 Å². The molecule has 6 nitrogen and oxygen atoms in total. The zero-order valence-electron chi connectivity index (χ0n) is 10.6. The lowest BCUT2D eigenvalue weighted by Crippen LogP contribution is -2.34. The lowest BCUT2D eigenvalue weighted by Gasteiger charge is -2.22. The minimum Gasteiger partial charge on any atom is -0.460 e. The highest BCUT2D eigenvalue weighted by atomic mass is 31.2. The lowest BCUT2D eigenvalue weighted by atomic mass is 10.1. The van der Waals surface area contributed by atoms with Crippen molar-refractivity contribution in [2.75, 3.05) is 6.54 Å². The van der Waals surface area contributed by atoms with Gasteiger partial charge in [0.1, 0.15) is 6.61 Å². The van der Waals surface area contributed by atoms with E-state index >= 15 is 0 Å². The average Bonchev–Trinajstić information content (AvgIpc) is 2.36. The van der Waals surface area contributed by atoms with Crippen LogP contribution >= 0.6 is 7.60 Å². The minimum atomic E-state index is -4.58. The number of rotatable bonds is 6. The van der Waals surface area contributed by atoms with E-state index in [-0.39, 0.29) is 13.2 Å². The van der Waals surface area contributed by atoms with Gasteiger partial charge in [0.25, 0.3) is 0 Å². The Bertz CT molecular complexity index is 458. The first-order valence-corrected chi connectivity index (χ1v) is 7.50. The van der Waals surface area contributed by atoms with E-state index in [0.29, 0.717) is 0 Å². The Kier molecular flexibility index (Phi) is 5.69. The highest BCUT2D eigenvalue weighted by Gasteiger charge is 2.40. The molecule has 0 bridgehead atoms. The van der Waals surface area contributed by atoms with Crippen molar-refractivity contribution in [1.29, 1.82) is 0 Å². The number of carbonyl (C=O) groups excluding carboxylic acids is 1. The summed E-state index contributed by atoms with van der Waals surface area (Å²) in [6.45, 7) is 1.48. The van der Waals surface area contributed by atoms with Crippen LogP contribution in [-0.4, -0.2) is 28.0 Å². The van der Waals surface area contributed by atoms with Crippen molar-refractivity contribution in [3.63, 3.8) is 0 Å². The molecular formula is C12H18NO5P. The molecule has 4 N–H and O–H groups in total. The molecule has 0 aliphatic carbocycles. The number of hydrogen-bond donors (Lipinski definition) is 3. The molecule has 0 heterocycles. The van der Waals surface area contributed by atoms with Crippen molar-refractivity contribution in [3.8, 4) is 0 Å². The number of esters is 1. The molecule has 1 aromatic carbocycles. The van der Waals surface area contributed by atoms with Gasteiger partial charge in [0, 0.05) is 0 Å². The monoisotopic (exact) mass is 287 g/mol. The van der Waals surface area contributed by atoms with Crippen LogP contribution in [0.15, 0.2) is 30.3 Å². The highest BCUT2D eigenvalue weighted by molar-refractivity contribution is 7.53. The van der Waals surface area contributed by atoms with E-state index in [1.54, 1.807) is 24.3 Å². The first-order valence-electron chi connectivity index (χ1n) is 5.82. The molecule has 1 unspecified atom stereocenters. The molecule has 2 atom stereocenters. The number of nitrogens with two attached hydrogens (primary N) is 1. The van der Waals surface area contributed by atoms with Gasteiger partial charge in [-0.2, -0.15) is 0 Å². The molecule has 0 saturated heterocycles. The zero-order chi connectivity index (χ0) is 14.5. The fourth-order valence-electron chi connectivity index (χ4n) is 1.64. The molecule has 0 spiro atoms. The largest absolute Gasteiger partial charge is 0.460 e. The van der Waals surface area contributed by atoms with Crippen molar-refractivity contribution in [2.45, 2.75) is 19.2 Å².